The van der Waals surface area contributed by atoms with Crippen LogP contribution in [0.1, 0.15) is 34.8 Å². The van der Waals surface area contributed by atoms with Crippen LogP contribution < -0.4 is 10.6 Å². The molecule has 178 valence electrons. The molecule has 9 heteroatoms. The Hall–Kier alpha value is -3.56. The second-order valence-corrected chi connectivity index (χ2v) is 8.51. The fourth-order valence-electron chi connectivity index (χ4n) is 3.94. The molecular formula is C25H30N6O3. The number of carbonyl (C=O) groups is 2. The molecular weight excluding hydrogens is 432 g/mol. The lowest BCUT2D eigenvalue weighted by Gasteiger charge is -2.36. The van der Waals surface area contributed by atoms with Crippen molar-refractivity contribution >= 4 is 17.5 Å². The number of piperazine rings is 1. The van der Waals surface area contributed by atoms with Gasteiger partial charge in [-0.05, 0) is 38.1 Å². The third-order valence-corrected chi connectivity index (χ3v) is 6.09. The lowest BCUT2D eigenvalue weighted by Crippen LogP contribution is -2.49. The van der Waals surface area contributed by atoms with Gasteiger partial charge in [-0.3, -0.25) is 19.4 Å². The molecule has 1 aliphatic heterocycles. The zero-order valence-electron chi connectivity index (χ0n) is 19.7. The molecule has 4 rings (SSSR count). The first-order valence-electron chi connectivity index (χ1n) is 11.4. The van der Waals surface area contributed by atoms with E-state index >= 15 is 0 Å². The molecule has 1 atom stereocenters. The average Bonchev–Trinajstić information content (AvgIpc) is 3.35. The van der Waals surface area contributed by atoms with Crippen molar-refractivity contribution in [1.29, 1.82) is 0 Å². The second-order valence-electron chi connectivity index (χ2n) is 8.51. The molecule has 0 spiro atoms. The quantitative estimate of drug-likeness (QED) is 0.556. The van der Waals surface area contributed by atoms with Crippen LogP contribution in [0.4, 0.5) is 5.69 Å². The van der Waals surface area contributed by atoms with Gasteiger partial charge in [0, 0.05) is 50.0 Å². The Balaban J connectivity index is 1.25. The average molecular weight is 463 g/mol. The molecule has 34 heavy (non-hydrogen) atoms. The molecule has 0 bridgehead atoms. The van der Waals surface area contributed by atoms with Gasteiger partial charge in [-0.2, -0.15) is 4.98 Å². The first kappa shape index (κ1) is 23.6. The van der Waals surface area contributed by atoms with Gasteiger partial charge in [0.25, 0.3) is 5.91 Å². The molecule has 1 aromatic heterocycles. The van der Waals surface area contributed by atoms with Crippen LogP contribution in [0.3, 0.4) is 0 Å². The molecule has 2 heterocycles. The fourth-order valence-corrected chi connectivity index (χ4v) is 3.94. The first-order chi connectivity index (χ1) is 16.4. The Morgan fingerprint density at radius 1 is 1.03 bits per heavy atom. The van der Waals surface area contributed by atoms with Gasteiger partial charge in [-0.25, -0.2) is 0 Å². The molecule has 9 nitrogen and oxygen atoms in total. The molecule has 1 saturated heterocycles. The summed E-state index contributed by atoms with van der Waals surface area (Å²) in [5.74, 6) is 0.966. The highest BCUT2D eigenvalue weighted by Crippen LogP contribution is 2.23. The minimum Gasteiger partial charge on any atom is -0.355 e. The van der Waals surface area contributed by atoms with Crippen molar-refractivity contribution < 1.29 is 14.1 Å². The van der Waals surface area contributed by atoms with E-state index in [1.165, 1.54) is 5.56 Å². The van der Waals surface area contributed by atoms with E-state index in [1.54, 1.807) is 31.3 Å². The van der Waals surface area contributed by atoms with Crippen molar-refractivity contribution in [3.05, 3.63) is 65.5 Å². The van der Waals surface area contributed by atoms with Crippen LogP contribution in [0.25, 0.3) is 11.4 Å². The van der Waals surface area contributed by atoms with E-state index < -0.39 is 0 Å². The summed E-state index contributed by atoms with van der Waals surface area (Å²) in [7, 11) is 1.59. The van der Waals surface area contributed by atoms with Crippen molar-refractivity contribution in [2.45, 2.75) is 19.9 Å². The van der Waals surface area contributed by atoms with Crippen LogP contribution in [0.15, 0.2) is 53.1 Å². The lowest BCUT2D eigenvalue weighted by molar-refractivity contribution is -0.117. The zero-order chi connectivity index (χ0) is 24.1. The van der Waals surface area contributed by atoms with Gasteiger partial charge in [0.1, 0.15) is 0 Å². The van der Waals surface area contributed by atoms with Crippen molar-refractivity contribution in [3.8, 4) is 11.4 Å². The number of nitrogens with one attached hydrogen (secondary N) is 2. The van der Waals surface area contributed by atoms with Gasteiger partial charge in [0.05, 0.1) is 12.6 Å². The molecule has 2 aromatic carbocycles. The van der Waals surface area contributed by atoms with Gasteiger partial charge < -0.3 is 15.2 Å². The summed E-state index contributed by atoms with van der Waals surface area (Å²) in [6, 6.07) is 14.9. The Kier molecular flexibility index (Phi) is 7.34. The van der Waals surface area contributed by atoms with Crippen LogP contribution in [0, 0.1) is 6.92 Å². The van der Waals surface area contributed by atoms with Crippen molar-refractivity contribution in [1.82, 2.24) is 25.3 Å². The van der Waals surface area contributed by atoms with E-state index in [0.717, 1.165) is 31.7 Å². The maximum Gasteiger partial charge on any atom is 0.251 e. The standard InChI is InChI=1S/C25H30N6O3/c1-17-4-6-19(7-5-17)23-28-25(34-29-23)18(2)31-14-12-30(13-15-31)16-22(32)27-21-10-8-20(9-11-21)24(33)26-3/h4-11,18H,12-16H2,1-3H3,(H,26,33)(H,27,32). The van der Waals surface area contributed by atoms with E-state index in [1.807, 2.05) is 31.2 Å². The number of hydrogen-bond acceptors (Lipinski definition) is 7. The van der Waals surface area contributed by atoms with Gasteiger partial charge in [0.15, 0.2) is 0 Å². The Labute approximate surface area is 199 Å². The lowest BCUT2D eigenvalue weighted by atomic mass is 10.1. The summed E-state index contributed by atoms with van der Waals surface area (Å²) in [6.07, 6.45) is 0. The molecule has 0 radical (unpaired) electrons. The highest BCUT2D eigenvalue weighted by molar-refractivity contribution is 5.96. The summed E-state index contributed by atoms with van der Waals surface area (Å²) < 4.78 is 5.55. The van der Waals surface area contributed by atoms with Gasteiger partial charge in [-0.15, -0.1) is 0 Å². The number of amides is 2. The topological polar surface area (TPSA) is 104 Å². The SMILES string of the molecule is CNC(=O)c1ccc(NC(=O)CN2CCN(C(C)c3nc(-c4ccc(C)cc4)no3)CC2)cc1. The summed E-state index contributed by atoms with van der Waals surface area (Å²) in [5, 5.41) is 9.62. The van der Waals surface area contributed by atoms with Crippen molar-refractivity contribution in [2.24, 2.45) is 0 Å². The smallest absolute Gasteiger partial charge is 0.251 e. The minimum atomic E-state index is -0.156. The summed E-state index contributed by atoms with van der Waals surface area (Å²) >= 11 is 0. The number of rotatable bonds is 7. The van der Waals surface area contributed by atoms with Gasteiger partial charge in [-0.1, -0.05) is 35.0 Å². The maximum atomic E-state index is 12.5. The Bertz CT molecular complexity index is 1120. The summed E-state index contributed by atoms with van der Waals surface area (Å²) in [4.78, 5) is 33.1. The van der Waals surface area contributed by atoms with E-state index in [0.29, 0.717) is 29.5 Å². The van der Waals surface area contributed by atoms with Gasteiger partial charge >= 0.3 is 0 Å². The number of aryl methyl sites for hydroxylation is 1. The Morgan fingerprint density at radius 3 is 2.35 bits per heavy atom. The monoisotopic (exact) mass is 462 g/mol. The molecule has 3 aromatic rings. The second kappa shape index (κ2) is 10.6. The molecule has 1 unspecified atom stereocenters. The summed E-state index contributed by atoms with van der Waals surface area (Å²) in [6.45, 7) is 7.57. The van der Waals surface area contributed by atoms with Crippen LogP contribution in [-0.2, 0) is 4.79 Å². The third kappa shape index (κ3) is 5.67. The number of nitrogens with zero attached hydrogens (tertiary/aromatic N) is 4. The van der Waals surface area contributed by atoms with E-state index in [4.69, 9.17) is 4.52 Å². The predicted molar refractivity (Wildman–Crippen MR) is 129 cm³/mol. The largest absolute Gasteiger partial charge is 0.355 e. The zero-order valence-corrected chi connectivity index (χ0v) is 19.7. The Morgan fingerprint density at radius 2 is 1.71 bits per heavy atom. The van der Waals surface area contributed by atoms with E-state index in [9.17, 15) is 9.59 Å². The third-order valence-electron chi connectivity index (χ3n) is 6.09. The van der Waals surface area contributed by atoms with Crippen LogP contribution in [0.5, 0.6) is 0 Å². The van der Waals surface area contributed by atoms with Crippen molar-refractivity contribution in [2.75, 3.05) is 45.1 Å². The number of anilines is 1. The first-order valence-corrected chi connectivity index (χ1v) is 11.4. The fraction of sp³-hybridized carbons (Fsp3) is 0.360. The minimum absolute atomic E-state index is 0.00140. The van der Waals surface area contributed by atoms with Gasteiger partial charge in [0.2, 0.25) is 17.6 Å². The molecule has 2 amide bonds. The number of aromatic nitrogens is 2. The normalized spacial score (nSPS) is 15.6. The highest BCUT2D eigenvalue weighted by atomic mass is 16.5. The summed E-state index contributed by atoms with van der Waals surface area (Å²) in [5.41, 5.74) is 3.35. The highest BCUT2D eigenvalue weighted by Gasteiger charge is 2.26. The van der Waals surface area contributed by atoms with E-state index in [2.05, 4.69) is 37.5 Å². The van der Waals surface area contributed by atoms with Crippen LogP contribution in [0.2, 0.25) is 0 Å². The molecule has 0 saturated carbocycles. The van der Waals surface area contributed by atoms with E-state index in [-0.39, 0.29) is 17.9 Å². The van der Waals surface area contributed by atoms with Crippen molar-refractivity contribution in [3.63, 3.8) is 0 Å². The molecule has 1 aliphatic rings. The number of carbonyl (C=O) groups excluding carboxylic acids is 2. The predicted octanol–water partition coefficient (Wildman–Crippen LogP) is 2.72. The molecule has 1 fully saturated rings. The number of benzene rings is 2. The van der Waals surface area contributed by atoms with Crippen LogP contribution >= 0.6 is 0 Å². The number of hydrogen-bond donors (Lipinski definition) is 2. The molecule has 2 N–H and O–H groups in total. The molecule has 0 aliphatic carbocycles. The maximum absolute atomic E-state index is 12.5. The van der Waals surface area contributed by atoms with Crippen LogP contribution in [-0.4, -0.2) is 71.5 Å².